The summed E-state index contributed by atoms with van der Waals surface area (Å²) in [5.41, 5.74) is 4.83. The molecule has 1 atom stereocenters. The van der Waals surface area contributed by atoms with E-state index in [0.717, 1.165) is 12.1 Å². The zero-order chi connectivity index (χ0) is 10.0. The van der Waals surface area contributed by atoms with E-state index in [2.05, 4.69) is 0 Å². The molecule has 0 heterocycles. The van der Waals surface area contributed by atoms with E-state index in [4.69, 9.17) is 17.3 Å². The van der Waals surface area contributed by atoms with Gasteiger partial charge in [-0.1, -0.05) is 17.7 Å². The van der Waals surface area contributed by atoms with Crippen molar-refractivity contribution in [1.82, 2.24) is 0 Å². The van der Waals surface area contributed by atoms with E-state index in [1.165, 1.54) is 6.07 Å². The number of nitrogens with two attached hydrogens (primary N) is 1. The summed E-state index contributed by atoms with van der Waals surface area (Å²) in [6, 6.07) is 1.84. The molecular weight excluding hydrogens is 203 g/mol. The maximum Gasteiger partial charge on any atom is 0.257 e. The molecule has 13 heavy (non-hydrogen) atoms. The molecule has 2 N–H and O–H groups in total. The van der Waals surface area contributed by atoms with Gasteiger partial charge in [0.25, 0.3) is 6.43 Å². The summed E-state index contributed by atoms with van der Waals surface area (Å²) in [7, 11) is 0. The van der Waals surface area contributed by atoms with Crippen LogP contribution in [0.2, 0.25) is 5.02 Å². The minimum atomic E-state index is -2.78. The van der Waals surface area contributed by atoms with Crippen LogP contribution in [-0.2, 0) is 0 Å². The Morgan fingerprint density at radius 3 is 2.38 bits per heavy atom. The van der Waals surface area contributed by atoms with E-state index in [1.54, 1.807) is 0 Å². The zero-order valence-electron chi connectivity index (χ0n) is 6.48. The molecule has 0 aliphatic heterocycles. The smallest absolute Gasteiger partial charge is 0.257 e. The second kappa shape index (κ2) is 3.98. The van der Waals surface area contributed by atoms with Gasteiger partial charge >= 0.3 is 0 Å². The number of alkyl halides is 2. The Kier molecular flexibility index (Phi) is 3.17. The Labute approximate surface area is 78.3 Å². The van der Waals surface area contributed by atoms with Gasteiger partial charge in [-0.2, -0.15) is 0 Å². The van der Waals surface area contributed by atoms with Crippen molar-refractivity contribution in [1.29, 1.82) is 0 Å². The van der Waals surface area contributed by atoms with Crippen molar-refractivity contribution in [3.8, 4) is 0 Å². The standard InChI is InChI=1S/C8H7ClF3N/c9-4-1-2-5(6(10)3-4)7(13)8(11)12/h1-3,7-8H,13H2/t7-/m1/s1. The Bertz CT molecular complexity index is 303. The lowest BCUT2D eigenvalue weighted by atomic mass is 10.1. The van der Waals surface area contributed by atoms with Gasteiger partial charge in [-0.15, -0.1) is 0 Å². The zero-order valence-corrected chi connectivity index (χ0v) is 7.23. The number of halogens is 4. The number of rotatable bonds is 2. The SMILES string of the molecule is N[C@H](c1ccc(Cl)cc1F)C(F)F. The van der Waals surface area contributed by atoms with Crippen molar-refractivity contribution < 1.29 is 13.2 Å². The van der Waals surface area contributed by atoms with Crippen LogP contribution in [0.4, 0.5) is 13.2 Å². The van der Waals surface area contributed by atoms with Crippen molar-refractivity contribution >= 4 is 11.6 Å². The van der Waals surface area contributed by atoms with Gasteiger partial charge in [0.15, 0.2) is 0 Å². The summed E-state index contributed by atoms with van der Waals surface area (Å²) < 4.78 is 37.1. The van der Waals surface area contributed by atoms with Crippen molar-refractivity contribution in [2.24, 2.45) is 5.73 Å². The Hall–Kier alpha value is -0.740. The molecule has 0 aliphatic rings. The van der Waals surface area contributed by atoms with Gasteiger partial charge in [-0.25, -0.2) is 13.2 Å². The Morgan fingerprint density at radius 2 is 1.92 bits per heavy atom. The third kappa shape index (κ3) is 2.35. The first-order chi connectivity index (χ1) is 6.02. The van der Waals surface area contributed by atoms with Crippen molar-refractivity contribution in [3.63, 3.8) is 0 Å². The lowest BCUT2D eigenvalue weighted by Gasteiger charge is -2.11. The minimum absolute atomic E-state index is 0.155. The molecule has 1 rings (SSSR count). The lowest BCUT2D eigenvalue weighted by Crippen LogP contribution is -2.20. The number of hydrogen-bond donors (Lipinski definition) is 1. The largest absolute Gasteiger partial charge is 0.319 e. The first-order valence-electron chi connectivity index (χ1n) is 3.51. The molecule has 0 unspecified atom stereocenters. The molecule has 0 spiro atoms. The van der Waals surface area contributed by atoms with Gasteiger partial charge < -0.3 is 5.73 Å². The van der Waals surface area contributed by atoms with E-state index in [-0.39, 0.29) is 10.6 Å². The second-order valence-electron chi connectivity index (χ2n) is 2.53. The van der Waals surface area contributed by atoms with Crippen LogP contribution in [0.1, 0.15) is 11.6 Å². The van der Waals surface area contributed by atoms with Crippen LogP contribution >= 0.6 is 11.6 Å². The van der Waals surface area contributed by atoms with E-state index < -0.39 is 18.3 Å². The normalized spacial score (nSPS) is 13.4. The van der Waals surface area contributed by atoms with Crippen molar-refractivity contribution in [2.45, 2.75) is 12.5 Å². The van der Waals surface area contributed by atoms with Gasteiger partial charge in [0.2, 0.25) is 0 Å². The molecule has 0 saturated heterocycles. The van der Waals surface area contributed by atoms with E-state index in [0.29, 0.717) is 0 Å². The maximum absolute atomic E-state index is 13.0. The summed E-state index contributed by atoms with van der Waals surface area (Å²) in [4.78, 5) is 0. The molecule has 5 heteroatoms. The van der Waals surface area contributed by atoms with Crippen molar-refractivity contribution in [3.05, 3.63) is 34.6 Å². The Balaban J connectivity index is 3.01. The van der Waals surface area contributed by atoms with Crippen LogP contribution in [0.15, 0.2) is 18.2 Å². The Morgan fingerprint density at radius 1 is 1.31 bits per heavy atom. The maximum atomic E-state index is 13.0. The number of hydrogen-bond acceptors (Lipinski definition) is 1. The van der Waals surface area contributed by atoms with Crippen LogP contribution in [0, 0.1) is 5.82 Å². The average Bonchev–Trinajstić information content (AvgIpc) is 2.03. The molecule has 0 saturated carbocycles. The molecule has 0 bridgehead atoms. The summed E-state index contributed by atoms with van der Waals surface area (Å²) in [5.74, 6) is -0.805. The molecule has 1 aromatic carbocycles. The molecule has 1 aromatic rings. The number of benzene rings is 1. The second-order valence-corrected chi connectivity index (χ2v) is 2.96. The highest BCUT2D eigenvalue weighted by molar-refractivity contribution is 6.30. The summed E-state index contributed by atoms with van der Waals surface area (Å²) >= 11 is 5.43. The van der Waals surface area contributed by atoms with Crippen molar-refractivity contribution in [2.75, 3.05) is 0 Å². The van der Waals surface area contributed by atoms with Gasteiger partial charge in [-0.05, 0) is 12.1 Å². The first kappa shape index (κ1) is 10.3. The van der Waals surface area contributed by atoms with Gasteiger partial charge in [-0.3, -0.25) is 0 Å². The average molecular weight is 210 g/mol. The molecular formula is C8H7ClF3N. The lowest BCUT2D eigenvalue weighted by molar-refractivity contribution is 0.115. The first-order valence-corrected chi connectivity index (χ1v) is 3.89. The summed E-state index contributed by atoms with van der Waals surface area (Å²) in [6.07, 6.45) is -2.78. The molecule has 72 valence electrons. The molecule has 0 aliphatic carbocycles. The molecule has 1 nitrogen and oxygen atoms in total. The van der Waals surface area contributed by atoms with Crippen LogP contribution in [0.25, 0.3) is 0 Å². The highest BCUT2D eigenvalue weighted by Gasteiger charge is 2.20. The van der Waals surface area contributed by atoms with E-state index >= 15 is 0 Å². The summed E-state index contributed by atoms with van der Waals surface area (Å²) in [5, 5.41) is 0.155. The van der Waals surface area contributed by atoms with Gasteiger partial charge in [0.05, 0.1) is 6.04 Å². The van der Waals surface area contributed by atoms with Crippen LogP contribution in [0.5, 0.6) is 0 Å². The topological polar surface area (TPSA) is 26.0 Å². The van der Waals surface area contributed by atoms with Crippen LogP contribution in [0.3, 0.4) is 0 Å². The van der Waals surface area contributed by atoms with E-state index in [1.807, 2.05) is 0 Å². The fraction of sp³-hybridized carbons (Fsp3) is 0.250. The van der Waals surface area contributed by atoms with Gasteiger partial charge in [0.1, 0.15) is 5.82 Å². The van der Waals surface area contributed by atoms with E-state index in [9.17, 15) is 13.2 Å². The quantitative estimate of drug-likeness (QED) is 0.796. The predicted molar refractivity (Wildman–Crippen MR) is 44.3 cm³/mol. The third-order valence-electron chi connectivity index (χ3n) is 1.59. The van der Waals surface area contributed by atoms with Gasteiger partial charge in [0, 0.05) is 10.6 Å². The van der Waals surface area contributed by atoms with Crippen LogP contribution < -0.4 is 5.73 Å². The molecule has 0 aromatic heterocycles. The van der Waals surface area contributed by atoms with Crippen LogP contribution in [-0.4, -0.2) is 6.43 Å². The highest BCUT2D eigenvalue weighted by atomic mass is 35.5. The third-order valence-corrected chi connectivity index (χ3v) is 1.83. The minimum Gasteiger partial charge on any atom is -0.319 e. The highest BCUT2D eigenvalue weighted by Crippen LogP contribution is 2.23. The molecule has 0 amide bonds. The predicted octanol–water partition coefficient (Wildman–Crippen LogP) is 2.74. The molecule has 0 fully saturated rings. The fourth-order valence-corrected chi connectivity index (χ4v) is 1.07. The monoisotopic (exact) mass is 209 g/mol. The fourth-order valence-electron chi connectivity index (χ4n) is 0.908. The molecule has 0 radical (unpaired) electrons. The summed E-state index contributed by atoms with van der Waals surface area (Å²) in [6.45, 7) is 0.